The molecule has 0 amide bonds. The molecule has 0 atom stereocenters. The minimum atomic E-state index is -1.50. The van der Waals surface area contributed by atoms with E-state index in [0.29, 0.717) is 0 Å². The Morgan fingerprint density at radius 2 is 1.50 bits per heavy atom. The molecule has 0 saturated heterocycles. The Balaban J connectivity index is 2.80. The van der Waals surface area contributed by atoms with Gasteiger partial charge in [0.2, 0.25) is 0 Å². The first kappa shape index (κ1) is 4.98. The van der Waals surface area contributed by atoms with Crippen molar-refractivity contribution in [3.63, 3.8) is 0 Å². The molecule has 0 aromatic heterocycles. The van der Waals surface area contributed by atoms with Gasteiger partial charge in [0, 0.05) is 0 Å². The van der Waals surface area contributed by atoms with Gasteiger partial charge in [0.05, 0.1) is 0 Å². The van der Waals surface area contributed by atoms with Crippen LogP contribution in [0.15, 0.2) is 0 Å². The van der Waals surface area contributed by atoms with Crippen molar-refractivity contribution in [2.75, 3.05) is 0 Å². The molecule has 0 aromatic rings. The molecule has 1 nitrogen and oxygen atoms in total. The van der Waals surface area contributed by atoms with E-state index in [1.54, 1.807) is 0 Å². The fourth-order valence-electron chi connectivity index (χ4n) is 0. The molecule has 0 heterocycles. The molecule has 0 aliphatic heterocycles. The SMILES string of the molecule is O=[Si](Br)Br. The third kappa shape index (κ3) is 12.2. The molecule has 0 spiro atoms. The Labute approximate surface area is 41.2 Å². The summed E-state index contributed by atoms with van der Waals surface area (Å²) in [6.45, 7) is 0. The molecule has 0 rings (SSSR count). The molecule has 0 N–H and O–H groups in total. The molecule has 0 fully saturated rings. The standard InChI is InChI=1S/Br2OSi/c1-4(2)3. The third-order valence-electron chi connectivity index (χ3n) is 0. The van der Waals surface area contributed by atoms with Crippen LogP contribution < -0.4 is 0 Å². The normalized spacial score (nSPS) is 6.50. The highest BCUT2D eigenvalue weighted by molar-refractivity contribution is 9.47. The van der Waals surface area contributed by atoms with E-state index in [1.165, 1.54) is 0 Å². The lowest BCUT2D eigenvalue weighted by Gasteiger charge is -1.45. The second kappa shape index (κ2) is 2.23. The lowest BCUT2D eigenvalue weighted by atomic mass is 16.0. The zero-order chi connectivity index (χ0) is 3.58. The molecule has 0 bridgehead atoms. The summed E-state index contributed by atoms with van der Waals surface area (Å²) < 4.78 is 9.46. The van der Waals surface area contributed by atoms with E-state index in [1.807, 2.05) is 0 Å². The monoisotopic (exact) mass is 202 g/mol. The summed E-state index contributed by atoms with van der Waals surface area (Å²) in [5, 5.41) is 0. The largest absolute Gasteiger partial charge is 0.432 e. The Morgan fingerprint density at radius 3 is 1.50 bits per heavy atom. The van der Waals surface area contributed by atoms with Crippen molar-refractivity contribution >= 4 is 36.5 Å². The first-order valence-corrected chi connectivity index (χ1v) is 6.50. The molecule has 0 aliphatic rings. The Bertz CT molecular complexity index is 29.0. The van der Waals surface area contributed by atoms with E-state index in [2.05, 4.69) is 30.6 Å². The van der Waals surface area contributed by atoms with Gasteiger partial charge < -0.3 is 4.46 Å². The van der Waals surface area contributed by atoms with E-state index >= 15 is 0 Å². The summed E-state index contributed by atoms with van der Waals surface area (Å²) in [6, 6.07) is 0. The zero-order valence-electron chi connectivity index (χ0n) is 1.66. The van der Waals surface area contributed by atoms with Crippen molar-refractivity contribution in [3.8, 4) is 0 Å². The van der Waals surface area contributed by atoms with Gasteiger partial charge in [-0.3, -0.25) is 0 Å². The molecule has 0 unspecified atom stereocenters. The molecule has 24 valence electrons. The fourth-order valence-corrected chi connectivity index (χ4v) is 0. The van der Waals surface area contributed by atoms with Gasteiger partial charge in [0.15, 0.2) is 0 Å². The molecular weight excluding hydrogens is 204 g/mol. The van der Waals surface area contributed by atoms with Crippen LogP contribution in [-0.4, -0.2) is 5.92 Å². The van der Waals surface area contributed by atoms with Crippen LogP contribution in [0, 0.1) is 0 Å². The van der Waals surface area contributed by atoms with Gasteiger partial charge in [0.1, 0.15) is 0 Å². The number of hydrogen-bond donors (Lipinski definition) is 0. The summed E-state index contributed by atoms with van der Waals surface area (Å²) >= 11 is 5.47. The van der Waals surface area contributed by atoms with Crippen molar-refractivity contribution in [1.29, 1.82) is 0 Å². The fraction of sp³-hybridized carbons (Fsp3) is 0. The summed E-state index contributed by atoms with van der Waals surface area (Å²) in [5.74, 6) is -1.50. The van der Waals surface area contributed by atoms with Gasteiger partial charge in [-0.1, -0.05) is 0 Å². The predicted molar refractivity (Wildman–Crippen MR) is 24.3 cm³/mol. The van der Waals surface area contributed by atoms with Gasteiger partial charge in [-0.25, -0.2) is 0 Å². The van der Waals surface area contributed by atoms with Crippen LogP contribution in [0.3, 0.4) is 0 Å². The summed E-state index contributed by atoms with van der Waals surface area (Å²) in [5.41, 5.74) is 0. The lowest BCUT2D eigenvalue weighted by Crippen LogP contribution is -1.56. The van der Waals surface area contributed by atoms with Crippen molar-refractivity contribution in [2.24, 2.45) is 0 Å². The molecule has 0 aromatic carbocycles. The molecule has 0 saturated carbocycles. The highest BCUT2D eigenvalue weighted by Gasteiger charge is 1.77. The van der Waals surface area contributed by atoms with Gasteiger partial charge in [-0.15, -0.1) is 0 Å². The van der Waals surface area contributed by atoms with Crippen LogP contribution in [0.1, 0.15) is 0 Å². The van der Waals surface area contributed by atoms with Gasteiger partial charge in [-0.2, -0.15) is 0 Å². The van der Waals surface area contributed by atoms with Gasteiger partial charge in [0.25, 0.3) is 0 Å². The maximum Gasteiger partial charge on any atom is 0.432 e. The Kier molecular flexibility index (Phi) is 2.77. The summed E-state index contributed by atoms with van der Waals surface area (Å²) in [6.07, 6.45) is 0. The number of halogens is 2. The maximum absolute atomic E-state index is 9.46. The van der Waals surface area contributed by atoms with Crippen molar-refractivity contribution in [2.45, 2.75) is 0 Å². The van der Waals surface area contributed by atoms with Gasteiger partial charge in [-0.05, 0) is 30.6 Å². The first-order valence-electron chi connectivity index (χ1n) is 0.582. The second-order valence-electron chi connectivity index (χ2n) is 0.226. The molecule has 4 heteroatoms. The predicted octanol–water partition coefficient (Wildman–Crippen LogP) is 1.19. The van der Waals surface area contributed by atoms with Crippen LogP contribution in [-0.2, 0) is 4.46 Å². The Morgan fingerprint density at radius 1 is 1.50 bits per heavy atom. The van der Waals surface area contributed by atoms with Crippen LogP contribution in [0.4, 0.5) is 0 Å². The lowest BCUT2D eigenvalue weighted by molar-refractivity contribution is 0.585. The molecular formula is Br2OSi. The van der Waals surface area contributed by atoms with E-state index in [0.717, 1.165) is 0 Å². The van der Waals surface area contributed by atoms with E-state index in [-0.39, 0.29) is 0 Å². The zero-order valence-corrected chi connectivity index (χ0v) is 5.84. The summed E-state index contributed by atoms with van der Waals surface area (Å²) in [7, 11) is 0. The van der Waals surface area contributed by atoms with Crippen molar-refractivity contribution in [1.82, 2.24) is 0 Å². The van der Waals surface area contributed by atoms with Crippen LogP contribution in [0.2, 0.25) is 0 Å². The molecule has 0 aliphatic carbocycles. The van der Waals surface area contributed by atoms with E-state index < -0.39 is 5.92 Å². The van der Waals surface area contributed by atoms with Crippen molar-refractivity contribution < 1.29 is 4.46 Å². The first-order chi connectivity index (χ1) is 1.73. The van der Waals surface area contributed by atoms with Crippen LogP contribution in [0.25, 0.3) is 0 Å². The Hall–Kier alpha value is 0.977. The smallest absolute Gasteiger partial charge is 0.359 e. The minimum Gasteiger partial charge on any atom is -0.359 e. The highest BCUT2D eigenvalue weighted by atomic mass is 79.9. The minimum absolute atomic E-state index is 1.50. The number of hydrogen-bond acceptors (Lipinski definition) is 1. The van der Waals surface area contributed by atoms with Crippen molar-refractivity contribution in [3.05, 3.63) is 0 Å². The molecule has 0 radical (unpaired) electrons. The van der Waals surface area contributed by atoms with Gasteiger partial charge >= 0.3 is 5.92 Å². The second-order valence-corrected chi connectivity index (χ2v) is 8.19. The quantitative estimate of drug-likeness (QED) is 0.427. The van der Waals surface area contributed by atoms with Crippen LogP contribution in [0.5, 0.6) is 0 Å². The molecule has 4 heavy (non-hydrogen) atoms. The topological polar surface area (TPSA) is 17.1 Å². The highest BCUT2D eigenvalue weighted by Crippen LogP contribution is 1.86. The average Bonchev–Trinajstić information content (AvgIpc) is 0.811. The third-order valence-corrected chi connectivity index (χ3v) is 0. The number of rotatable bonds is 0. The average molecular weight is 204 g/mol. The van der Waals surface area contributed by atoms with E-state index in [9.17, 15) is 4.46 Å². The summed E-state index contributed by atoms with van der Waals surface area (Å²) in [4.78, 5) is 0. The maximum atomic E-state index is 9.46. The van der Waals surface area contributed by atoms with Crippen LogP contribution >= 0.6 is 30.6 Å². The van der Waals surface area contributed by atoms with E-state index in [4.69, 9.17) is 0 Å².